The summed E-state index contributed by atoms with van der Waals surface area (Å²) in [4.78, 5) is 0. The smallest absolute Gasteiger partial charge is 0.157 e. The van der Waals surface area contributed by atoms with Crippen molar-refractivity contribution in [3.05, 3.63) is 23.3 Å². The monoisotopic (exact) mass is 172 g/mol. The Kier molecular flexibility index (Phi) is 2.65. The van der Waals surface area contributed by atoms with Crippen LogP contribution in [-0.2, 0) is 0 Å². The van der Waals surface area contributed by atoms with Crippen LogP contribution in [0.4, 0.5) is 8.78 Å². The lowest BCUT2D eigenvalue weighted by Crippen LogP contribution is -2.25. The quantitative estimate of drug-likeness (QED) is 0.569. The van der Waals surface area contributed by atoms with Crippen LogP contribution in [0.1, 0.15) is 20.8 Å². The lowest BCUT2D eigenvalue weighted by atomic mass is 9.89. The molecule has 0 aromatic heterocycles. The molecule has 0 heterocycles. The Morgan fingerprint density at radius 1 is 1.17 bits per heavy atom. The van der Waals surface area contributed by atoms with Gasteiger partial charge in [-0.25, -0.2) is 8.78 Å². The van der Waals surface area contributed by atoms with Crippen molar-refractivity contribution in [2.24, 2.45) is 5.92 Å². The van der Waals surface area contributed by atoms with Gasteiger partial charge >= 0.3 is 0 Å². The Labute approximate surface area is 72.0 Å². The third-order valence-corrected chi connectivity index (χ3v) is 2.22. The largest absolute Gasteiger partial charge is 0.239 e. The van der Waals surface area contributed by atoms with Crippen molar-refractivity contribution >= 4 is 0 Å². The highest BCUT2D eigenvalue weighted by Crippen LogP contribution is 2.29. The van der Waals surface area contributed by atoms with Gasteiger partial charge in [-0.15, -0.1) is 0 Å². The van der Waals surface area contributed by atoms with Crippen LogP contribution >= 0.6 is 0 Å². The highest BCUT2D eigenvalue weighted by atomic mass is 19.2. The van der Waals surface area contributed by atoms with Gasteiger partial charge in [0.2, 0.25) is 0 Å². The van der Waals surface area contributed by atoms with E-state index in [4.69, 9.17) is 0 Å². The van der Waals surface area contributed by atoms with Crippen LogP contribution in [0.15, 0.2) is 23.3 Å². The lowest BCUT2D eigenvalue weighted by molar-refractivity contribution is 0.213. The SMILES string of the molecule is CC1=CC=C(C(C)C)C(F)C1F. The molecule has 0 amide bonds. The summed E-state index contributed by atoms with van der Waals surface area (Å²) < 4.78 is 26.4. The van der Waals surface area contributed by atoms with Crippen molar-refractivity contribution in [2.45, 2.75) is 33.1 Å². The number of alkyl halides is 2. The molecule has 0 aromatic rings. The highest BCUT2D eigenvalue weighted by Gasteiger charge is 2.29. The molecule has 1 aliphatic rings. The molecule has 1 rings (SSSR count). The van der Waals surface area contributed by atoms with Crippen molar-refractivity contribution < 1.29 is 8.78 Å². The molecule has 0 N–H and O–H groups in total. The van der Waals surface area contributed by atoms with Crippen molar-refractivity contribution in [2.75, 3.05) is 0 Å². The molecule has 0 saturated carbocycles. The second-order valence-electron chi connectivity index (χ2n) is 3.54. The zero-order valence-electron chi connectivity index (χ0n) is 7.64. The van der Waals surface area contributed by atoms with E-state index in [0.29, 0.717) is 11.1 Å². The molecule has 0 radical (unpaired) electrons. The third kappa shape index (κ3) is 1.57. The van der Waals surface area contributed by atoms with Crippen molar-refractivity contribution in [1.29, 1.82) is 0 Å². The highest BCUT2D eigenvalue weighted by molar-refractivity contribution is 5.31. The van der Waals surface area contributed by atoms with Gasteiger partial charge in [0.15, 0.2) is 12.3 Å². The topological polar surface area (TPSA) is 0 Å². The molecule has 0 aromatic carbocycles. The van der Waals surface area contributed by atoms with E-state index in [0.717, 1.165) is 0 Å². The molecule has 0 fully saturated rings. The van der Waals surface area contributed by atoms with Crippen molar-refractivity contribution in [1.82, 2.24) is 0 Å². The van der Waals surface area contributed by atoms with Gasteiger partial charge in [-0.1, -0.05) is 26.0 Å². The maximum atomic E-state index is 13.3. The second-order valence-corrected chi connectivity index (χ2v) is 3.54. The van der Waals surface area contributed by atoms with Gasteiger partial charge in [-0.2, -0.15) is 0 Å². The Bertz CT molecular complexity index is 226. The molecule has 0 bridgehead atoms. The third-order valence-electron chi connectivity index (χ3n) is 2.22. The molecule has 68 valence electrons. The normalized spacial score (nSPS) is 30.2. The molecular weight excluding hydrogens is 158 g/mol. The van der Waals surface area contributed by atoms with Crippen LogP contribution in [-0.4, -0.2) is 12.3 Å². The molecule has 12 heavy (non-hydrogen) atoms. The molecule has 2 unspecified atom stereocenters. The molecule has 2 atom stereocenters. The fourth-order valence-corrected chi connectivity index (χ4v) is 1.32. The molecule has 0 saturated heterocycles. The Balaban J connectivity index is 2.90. The molecule has 1 aliphatic carbocycles. The Hall–Kier alpha value is -0.660. The van der Waals surface area contributed by atoms with E-state index in [1.54, 1.807) is 19.1 Å². The van der Waals surface area contributed by atoms with Crippen LogP contribution in [0.5, 0.6) is 0 Å². The number of halogens is 2. The van der Waals surface area contributed by atoms with Gasteiger partial charge in [-0.3, -0.25) is 0 Å². The van der Waals surface area contributed by atoms with Gasteiger partial charge in [0.05, 0.1) is 0 Å². The van der Waals surface area contributed by atoms with Crippen LogP contribution in [0.25, 0.3) is 0 Å². The Morgan fingerprint density at radius 2 is 1.75 bits per heavy atom. The molecule has 0 aliphatic heterocycles. The van der Waals surface area contributed by atoms with Crippen LogP contribution in [0.3, 0.4) is 0 Å². The van der Waals surface area contributed by atoms with Gasteiger partial charge in [-0.05, 0) is 24.0 Å². The number of hydrogen-bond donors (Lipinski definition) is 0. The van der Waals surface area contributed by atoms with Gasteiger partial charge < -0.3 is 0 Å². The summed E-state index contributed by atoms with van der Waals surface area (Å²) in [5.41, 5.74) is 1.04. The average molecular weight is 172 g/mol. The number of allylic oxidation sites excluding steroid dienone is 4. The van der Waals surface area contributed by atoms with E-state index in [-0.39, 0.29) is 5.92 Å². The van der Waals surface area contributed by atoms with Crippen molar-refractivity contribution in [3.8, 4) is 0 Å². The van der Waals surface area contributed by atoms with Crippen LogP contribution in [0.2, 0.25) is 0 Å². The molecular formula is C10H14F2. The zero-order chi connectivity index (χ0) is 9.30. The molecule has 0 spiro atoms. The summed E-state index contributed by atoms with van der Waals surface area (Å²) in [5, 5.41) is 0. The van der Waals surface area contributed by atoms with E-state index in [2.05, 4.69) is 0 Å². The first kappa shape index (κ1) is 9.43. The number of rotatable bonds is 1. The van der Waals surface area contributed by atoms with Crippen LogP contribution in [0, 0.1) is 5.92 Å². The van der Waals surface area contributed by atoms with Crippen molar-refractivity contribution in [3.63, 3.8) is 0 Å². The maximum absolute atomic E-state index is 13.3. The second kappa shape index (κ2) is 3.38. The van der Waals surface area contributed by atoms with E-state index < -0.39 is 12.3 Å². The molecule has 0 nitrogen and oxygen atoms in total. The summed E-state index contributed by atoms with van der Waals surface area (Å²) in [6.45, 7) is 5.37. The minimum Gasteiger partial charge on any atom is -0.239 e. The van der Waals surface area contributed by atoms with E-state index >= 15 is 0 Å². The van der Waals surface area contributed by atoms with Gasteiger partial charge in [0.25, 0.3) is 0 Å². The summed E-state index contributed by atoms with van der Waals surface area (Å²) >= 11 is 0. The minimum absolute atomic E-state index is 0.0857. The predicted octanol–water partition coefficient (Wildman–Crippen LogP) is 3.20. The van der Waals surface area contributed by atoms with E-state index in [9.17, 15) is 8.78 Å². The zero-order valence-corrected chi connectivity index (χ0v) is 7.64. The first-order chi connectivity index (χ1) is 5.54. The van der Waals surface area contributed by atoms with E-state index in [1.165, 1.54) is 0 Å². The fourth-order valence-electron chi connectivity index (χ4n) is 1.32. The predicted molar refractivity (Wildman–Crippen MR) is 46.5 cm³/mol. The van der Waals surface area contributed by atoms with Gasteiger partial charge in [0, 0.05) is 0 Å². The summed E-state index contributed by atoms with van der Waals surface area (Å²) in [7, 11) is 0. The minimum atomic E-state index is -1.44. The van der Waals surface area contributed by atoms with Crippen LogP contribution < -0.4 is 0 Å². The summed E-state index contributed by atoms with van der Waals surface area (Å²) in [6, 6.07) is 0. The van der Waals surface area contributed by atoms with Gasteiger partial charge in [0.1, 0.15) is 0 Å². The first-order valence-electron chi connectivity index (χ1n) is 4.20. The lowest BCUT2D eigenvalue weighted by Gasteiger charge is -2.23. The summed E-state index contributed by atoms with van der Waals surface area (Å²) in [5.74, 6) is 0.0857. The Morgan fingerprint density at radius 3 is 2.25 bits per heavy atom. The average Bonchev–Trinajstić information content (AvgIpc) is 2.00. The van der Waals surface area contributed by atoms with E-state index in [1.807, 2.05) is 13.8 Å². The standard InChI is InChI=1S/C10H14F2/c1-6(2)8-5-4-7(3)9(11)10(8)12/h4-6,9-10H,1-3H3. The first-order valence-corrected chi connectivity index (χ1v) is 4.20. The molecule has 2 heteroatoms. The maximum Gasteiger partial charge on any atom is 0.157 e. The number of hydrogen-bond acceptors (Lipinski definition) is 0. The summed E-state index contributed by atoms with van der Waals surface area (Å²) in [6.07, 6.45) is 0.485. The fraction of sp³-hybridized carbons (Fsp3) is 0.600.